The first-order valence-corrected chi connectivity index (χ1v) is 8.70. The van der Waals surface area contributed by atoms with E-state index in [0.717, 1.165) is 5.56 Å². The van der Waals surface area contributed by atoms with E-state index in [-0.39, 0.29) is 16.5 Å². The van der Waals surface area contributed by atoms with Gasteiger partial charge in [-0.2, -0.15) is 0 Å². The highest BCUT2D eigenvalue weighted by Crippen LogP contribution is 2.21. The quantitative estimate of drug-likeness (QED) is 0.896. The molecule has 2 amide bonds. The molecule has 2 N–H and O–H groups in total. The number of hydrogen-bond donors (Lipinski definition) is 1. The summed E-state index contributed by atoms with van der Waals surface area (Å²) in [6.45, 7) is 1.85. The number of carbonyl (C=O) groups excluding carboxylic acids is 2. The summed E-state index contributed by atoms with van der Waals surface area (Å²) in [5.74, 6) is -1.18. The lowest BCUT2D eigenvalue weighted by Gasteiger charge is -2.35. The molecule has 0 spiro atoms. The molecule has 7 heteroatoms. The zero-order valence-electron chi connectivity index (χ0n) is 14.1. The Bertz CT molecular complexity index is 798. The summed E-state index contributed by atoms with van der Waals surface area (Å²) in [6, 6.07) is 11.3. The second-order valence-corrected chi connectivity index (χ2v) is 6.49. The molecule has 0 radical (unpaired) electrons. The number of benzene rings is 2. The fourth-order valence-electron chi connectivity index (χ4n) is 2.94. The highest BCUT2D eigenvalue weighted by atomic mass is 35.5. The summed E-state index contributed by atoms with van der Waals surface area (Å²) in [4.78, 5) is 28.3. The molecule has 0 bridgehead atoms. The molecule has 2 aromatic carbocycles. The fourth-order valence-corrected chi connectivity index (χ4v) is 3.18. The molecule has 1 fully saturated rings. The summed E-state index contributed by atoms with van der Waals surface area (Å²) in [5, 5.41) is 0.0912. The van der Waals surface area contributed by atoms with Crippen molar-refractivity contribution in [1.29, 1.82) is 0 Å². The van der Waals surface area contributed by atoms with Gasteiger partial charge in [0.1, 0.15) is 5.82 Å². The van der Waals surface area contributed by atoms with Crippen molar-refractivity contribution in [3.05, 3.63) is 70.0 Å². The zero-order valence-corrected chi connectivity index (χ0v) is 14.9. The second kappa shape index (κ2) is 7.85. The van der Waals surface area contributed by atoms with Crippen LogP contribution in [0, 0.1) is 5.82 Å². The van der Waals surface area contributed by atoms with E-state index >= 15 is 0 Å². The van der Waals surface area contributed by atoms with Crippen LogP contribution < -0.4 is 5.73 Å². The van der Waals surface area contributed by atoms with Gasteiger partial charge in [-0.15, -0.1) is 0 Å². The van der Waals surface area contributed by atoms with Crippen molar-refractivity contribution in [2.45, 2.75) is 6.54 Å². The number of halogens is 2. The van der Waals surface area contributed by atoms with E-state index < -0.39 is 11.7 Å². The Kier molecular flexibility index (Phi) is 5.54. The number of rotatable bonds is 3. The van der Waals surface area contributed by atoms with Gasteiger partial charge < -0.3 is 15.5 Å². The van der Waals surface area contributed by atoms with Crippen LogP contribution in [-0.4, -0.2) is 47.8 Å². The summed E-state index contributed by atoms with van der Waals surface area (Å²) in [7, 11) is 0. The normalized spacial score (nSPS) is 14.4. The van der Waals surface area contributed by atoms with E-state index in [0.29, 0.717) is 38.3 Å². The minimum Gasteiger partial charge on any atom is -0.335 e. The molecule has 1 aliphatic rings. The highest BCUT2D eigenvalue weighted by Gasteiger charge is 2.28. The number of nitrogens with zero attached hydrogens (tertiary/aromatic N) is 2. The van der Waals surface area contributed by atoms with Crippen LogP contribution in [0.1, 0.15) is 26.3 Å². The lowest BCUT2D eigenvalue weighted by molar-refractivity contribution is 0.0533. The van der Waals surface area contributed by atoms with Gasteiger partial charge in [0.05, 0.1) is 10.6 Å². The Balaban J connectivity index is 1.65. The number of piperazine rings is 1. The standard InChI is InChI=1S/C19H19ClFN3O2/c20-15-2-1-3-16(21)17(15)19(26)24-10-8-23(9-11-24)18(25)14-6-4-13(12-22)5-7-14/h1-7H,8-12,22H2. The van der Waals surface area contributed by atoms with Gasteiger partial charge in [-0.05, 0) is 29.8 Å². The molecule has 1 heterocycles. The monoisotopic (exact) mass is 375 g/mol. The first-order valence-electron chi connectivity index (χ1n) is 8.33. The summed E-state index contributed by atoms with van der Waals surface area (Å²) in [6.07, 6.45) is 0. The van der Waals surface area contributed by atoms with E-state index in [2.05, 4.69) is 0 Å². The van der Waals surface area contributed by atoms with Gasteiger partial charge in [-0.3, -0.25) is 9.59 Å². The van der Waals surface area contributed by atoms with E-state index in [1.165, 1.54) is 23.1 Å². The summed E-state index contributed by atoms with van der Waals surface area (Å²) < 4.78 is 13.9. The number of hydrogen-bond acceptors (Lipinski definition) is 3. The molecule has 5 nitrogen and oxygen atoms in total. The van der Waals surface area contributed by atoms with Gasteiger partial charge >= 0.3 is 0 Å². The van der Waals surface area contributed by atoms with Crippen LogP contribution in [-0.2, 0) is 6.54 Å². The van der Waals surface area contributed by atoms with Crippen LogP contribution in [0.2, 0.25) is 5.02 Å². The first kappa shape index (κ1) is 18.4. The van der Waals surface area contributed by atoms with Crippen LogP contribution in [0.15, 0.2) is 42.5 Å². The Morgan fingerprint density at radius 1 is 0.962 bits per heavy atom. The molecular weight excluding hydrogens is 357 g/mol. The van der Waals surface area contributed by atoms with Crippen LogP contribution in [0.5, 0.6) is 0 Å². The minimum atomic E-state index is -0.638. The maximum absolute atomic E-state index is 13.9. The number of nitrogens with two attached hydrogens (primary N) is 1. The zero-order chi connectivity index (χ0) is 18.7. The molecule has 0 unspecified atom stereocenters. The van der Waals surface area contributed by atoms with Crippen LogP contribution >= 0.6 is 11.6 Å². The predicted octanol–water partition coefficient (Wildman–Crippen LogP) is 2.54. The molecule has 2 aromatic rings. The van der Waals surface area contributed by atoms with E-state index in [4.69, 9.17) is 17.3 Å². The lowest BCUT2D eigenvalue weighted by atomic mass is 10.1. The Hall–Kier alpha value is -2.44. The summed E-state index contributed by atoms with van der Waals surface area (Å²) >= 11 is 5.97. The van der Waals surface area contributed by atoms with Gasteiger partial charge in [0.15, 0.2) is 0 Å². The van der Waals surface area contributed by atoms with Gasteiger partial charge in [-0.1, -0.05) is 29.8 Å². The van der Waals surface area contributed by atoms with Crippen molar-refractivity contribution in [2.75, 3.05) is 26.2 Å². The smallest absolute Gasteiger partial charge is 0.258 e. The molecule has 136 valence electrons. The highest BCUT2D eigenvalue weighted by molar-refractivity contribution is 6.33. The Morgan fingerprint density at radius 2 is 1.54 bits per heavy atom. The fraction of sp³-hybridized carbons (Fsp3) is 0.263. The van der Waals surface area contributed by atoms with Crippen LogP contribution in [0.3, 0.4) is 0 Å². The minimum absolute atomic E-state index is 0.0912. The molecule has 1 saturated heterocycles. The van der Waals surface area contributed by atoms with Gasteiger partial charge in [-0.25, -0.2) is 4.39 Å². The topological polar surface area (TPSA) is 66.6 Å². The van der Waals surface area contributed by atoms with Crippen LogP contribution in [0.4, 0.5) is 4.39 Å². The van der Waals surface area contributed by atoms with Crippen molar-refractivity contribution >= 4 is 23.4 Å². The molecule has 26 heavy (non-hydrogen) atoms. The molecule has 0 saturated carbocycles. The average molecular weight is 376 g/mol. The van der Waals surface area contributed by atoms with Crippen LogP contribution in [0.25, 0.3) is 0 Å². The number of amides is 2. The third-order valence-electron chi connectivity index (χ3n) is 4.47. The van der Waals surface area contributed by atoms with Gasteiger partial charge in [0.2, 0.25) is 0 Å². The molecule has 0 aliphatic carbocycles. The molecule has 0 atom stereocenters. The van der Waals surface area contributed by atoms with Crippen molar-refractivity contribution in [1.82, 2.24) is 9.80 Å². The van der Waals surface area contributed by atoms with Crippen molar-refractivity contribution < 1.29 is 14.0 Å². The molecule has 3 rings (SSSR count). The van der Waals surface area contributed by atoms with E-state index in [1.54, 1.807) is 17.0 Å². The maximum atomic E-state index is 13.9. The van der Waals surface area contributed by atoms with Gasteiger partial charge in [0.25, 0.3) is 11.8 Å². The van der Waals surface area contributed by atoms with Gasteiger partial charge in [0, 0.05) is 38.3 Å². The van der Waals surface area contributed by atoms with Crippen molar-refractivity contribution in [3.63, 3.8) is 0 Å². The largest absolute Gasteiger partial charge is 0.335 e. The van der Waals surface area contributed by atoms with E-state index in [9.17, 15) is 14.0 Å². The lowest BCUT2D eigenvalue weighted by Crippen LogP contribution is -2.50. The first-order chi connectivity index (χ1) is 12.5. The Morgan fingerprint density at radius 3 is 2.08 bits per heavy atom. The maximum Gasteiger partial charge on any atom is 0.258 e. The number of carbonyl (C=O) groups is 2. The average Bonchev–Trinajstić information content (AvgIpc) is 2.67. The third-order valence-corrected chi connectivity index (χ3v) is 4.78. The molecular formula is C19H19ClFN3O2. The van der Waals surface area contributed by atoms with Crippen molar-refractivity contribution in [2.24, 2.45) is 5.73 Å². The molecule has 1 aliphatic heterocycles. The van der Waals surface area contributed by atoms with Crippen molar-refractivity contribution in [3.8, 4) is 0 Å². The Labute approximate surface area is 156 Å². The van der Waals surface area contributed by atoms with E-state index in [1.807, 2.05) is 12.1 Å². The predicted molar refractivity (Wildman–Crippen MR) is 97.6 cm³/mol. The summed E-state index contributed by atoms with van der Waals surface area (Å²) in [5.41, 5.74) is 6.98. The SMILES string of the molecule is NCc1ccc(C(=O)N2CCN(C(=O)c3c(F)cccc3Cl)CC2)cc1. The third kappa shape index (κ3) is 3.71. The molecule has 0 aromatic heterocycles. The second-order valence-electron chi connectivity index (χ2n) is 6.08.